The molecule has 0 heterocycles. The van der Waals surface area contributed by atoms with Gasteiger partial charge in [-0.3, -0.25) is 0 Å². The van der Waals surface area contributed by atoms with Gasteiger partial charge >= 0.3 is 6.03 Å². The predicted molar refractivity (Wildman–Crippen MR) is 94.4 cm³/mol. The molecule has 2 amide bonds. The van der Waals surface area contributed by atoms with E-state index in [1.54, 1.807) is 19.2 Å². The van der Waals surface area contributed by atoms with Crippen molar-refractivity contribution in [3.05, 3.63) is 59.9 Å². The van der Waals surface area contributed by atoms with E-state index in [4.69, 9.17) is 9.47 Å². The van der Waals surface area contributed by atoms with Gasteiger partial charge in [-0.2, -0.15) is 0 Å². The standard InChI is InChI=1S/C19H23FN2O3/c1-24-17-8-4-15(5-9-17)14-22-19(23)21-12-2-3-13-25-18-10-6-16(20)7-11-18/h4-11H,2-3,12-14H2,1H3,(H2,21,22,23). The number of amides is 2. The number of benzene rings is 2. The van der Waals surface area contributed by atoms with Crippen molar-refractivity contribution in [1.82, 2.24) is 10.6 Å². The van der Waals surface area contributed by atoms with Crippen LogP contribution in [-0.2, 0) is 6.54 Å². The van der Waals surface area contributed by atoms with Crippen molar-refractivity contribution in [2.75, 3.05) is 20.3 Å². The van der Waals surface area contributed by atoms with Crippen molar-refractivity contribution in [3.63, 3.8) is 0 Å². The Hall–Kier alpha value is -2.76. The Balaban J connectivity index is 1.52. The van der Waals surface area contributed by atoms with Gasteiger partial charge in [-0.25, -0.2) is 9.18 Å². The number of halogens is 1. The third-order valence-electron chi connectivity index (χ3n) is 3.55. The summed E-state index contributed by atoms with van der Waals surface area (Å²) >= 11 is 0. The second-order valence-electron chi connectivity index (χ2n) is 5.47. The maximum absolute atomic E-state index is 12.7. The van der Waals surface area contributed by atoms with Crippen molar-refractivity contribution in [2.45, 2.75) is 19.4 Å². The van der Waals surface area contributed by atoms with Gasteiger partial charge in [-0.05, 0) is 54.8 Å². The molecule has 0 aliphatic carbocycles. The summed E-state index contributed by atoms with van der Waals surface area (Å²) in [7, 11) is 1.62. The van der Waals surface area contributed by atoms with E-state index in [0.29, 0.717) is 25.4 Å². The molecular formula is C19H23FN2O3. The van der Waals surface area contributed by atoms with Gasteiger partial charge in [0, 0.05) is 13.1 Å². The third-order valence-corrected chi connectivity index (χ3v) is 3.55. The van der Waals surface area contributed by atoms with E-state index in [1.807, 2.05) is 24.3 Å². The summed E-state index contributed by atoms with van der Waals surface area (Å²) in [5.41, 5.74) is 1.00. The summed E-state index contributed by atoms with van der Waals surface area (Å²) in [6.07, 6.45) is 1.60. The molecule has 0 aliphatic heterocycles. The largest absolute Gasteiger partial charge is 0.497 e. The molecule has 5 nitrogen and oxygen atoms in total. The Morgan fingerprint density at radius 1 is 0.960 bits per heavy atom. The van der Waals surface area contributed by atoms with Crippen molar-refractivity contribution >= 4 is 6.03 Å². The number of unbranched alkanes of at least 4 members (excludes halogenated alkanes) is 1. The molecule has 2 aromatic rings. The molecule has 134 valence electrons. The SMILES string of the molecule is COc1ccc(CNC(=O)NCCCCOc2ccc(F)cc2)cc1. The summed E-state index contributed by atoms with van der Waals surface area (Å²) in [4.78, 5) is 11.7. The molecule has 2 aromatic carbocycles. The van der Waals surface area contributed by atoms with Crippen LogP contribution in [0.4, 0.5) is 9.18 Å². The normalized spacial score (nSPS) is 10.2. The van der Waals surface area contributed by atoms with Crippen LogP contribution in [0.15, 0.2) is 48.5 Å². The molecule has 6 heteroatoms. The van der Waals surface area contributed by atoms with Gasteiger partial charge in [0.05, 0.1) is 13.7 Å². The minimum absolute atomic E-state index is 0.199. The highest BCUT2D eigenvalue weighted by Gasteiger charge is 2.01. The van der Waals surface area contributed by atoms with Crippen LogP contribution in [0.5, 0.6) is 11.5 Å². The van der Waals surface area contributed by atoms with E-state index in [9.17, 15) is 9.18 Å². The number of hydrogen-bond donors (Lipinski definition) is 2. The average molecular weight is 346 g/mol. The van der Waals surface area contributed by atoms with E-state index in [2.05, 4.69) is 10.6 Å². The van der Waals surface area contributed by atoms with E-state index in [0.717, 1.165) is 24.2 Å². The van der Waals surface area contributed by atoms with E-state index >= 15 is 0 Å². The summed E-state index contributed by atoms with van der Waals surface area (Å²) in [5, 5.41) is 5.60. The molecule has 0 fully saturated rings. The van der Waals surface area contributed by atoms with Crippen LogP contribution in [0.25, 0.3) is 0 Å². The monoisotopic (exact) mass is 346 g/mol. The van der Waals surface area contributed by atoms with Crippen LogP contribution >= 0.6 is 0 Å². The van der Waals surface area contributed by atoms with Crippen molar-refractivity contribution < 1.29 is 18.7 Å². The zero-order valence-corrected chi connectivity index (χ0v) is 14.3. The van der Waals surface area contributed by atoms with Gasteiger partial charge in [0.15, 0.2) is 0 Å². The molecule has 2 rings (SSSR count). The molecule has 0 bridgehead atoms. The van der Waals surface area contributed by atoms with Crippen LogP contribution in [0.1, 0.15) is 18.4 Å². The number of carbonyl (C=O) groups excluding carboxylic acids is 1. The molecule has 25 heavy (non-hydrogen) atoms. The molecule has 0 saturated heterocycles. The zero-order valence-electron chi connectivity index (χ0n) is 14.3. The molecule has 0 spiro atoms. The molecule has 0 unspecified atom stereocenters. The first-order valence-corrected chi connectivity index (χ1v) is 8.20. The minimum Gasteiger partial charge on any atom is -0.497 e. The van der Waals surface area contributed by atoms with Crippen LogP contribution in [0.2, 0.25) is 0 Å². The molecule has 0 saturated carbocycles. The second-order valence-corrected chi connectivity index (χ2v) is 5.47. The fraction of sp³-hybridized carbons (Fsp3) is 0.316. The highest BCUT2D eigenvalue weighted by atomic mass is 19.1. The van der Waals surface area contributed by atoms with Crippen LogP contribution in [-0.4, -0.2) is 26.3 Å². The number of hydrogen-bond acceptors (Lipinski definition) is 3. The van der Waals surface area contributed by atoms with Gasteiger partial charge in [0.1, 0.15) is 17.3 Å². The summed E-state index contributed by atoms with van der Waals surface area (Å²) in [6, 6.07) is 13.3. The van der Waals surface area contributed by atoms with Gasteiger partial charge in [-0.15, -0.1) is 0 Å². The predicted octanol–water partition coefficient (Wildman–Crippen LogP) is 3.49. The lowest BCUT2D eigenvalue weighted by Crippen LogP contribution is -2.35. The van der Waals surface area contributed by atoms with Crippen molar-refractivity contribution in [3.8, 4) is 11.5 Å². The number of nitrogens with one attached hydrogen (secondary N) is 2. The fourth-order valence-corrected chi connectivity index (χ4v) is 2.14. The lowest BCUT2D eigenvalue weighted by molar-refractivity contribution is 0.239. The highest BCUT2D eigenvalue weighted by Crippen LogP contribution is 2.12. The maximum Gasteiger partial charge on any atom is 0.315 e. The van der Waals surface area contributed by atoms with Crippen molar-refractivity contribution in [2.24, 2.45) is 0 Å². The topological polar surface area (TPSA) is 59.6 Å². The number of rotatable bonds is 9. The van der Waals surface area contributed by atoms with Gasteiger partial charge in [-0.1, -0.05) is 12.1 Å². The van der Waals surface area contributed by atoms with Gasteiger partial charge in [0.25, 0.3) is 0 Å². The Bertz CT molecular complexity index is 645. The fourth-order valence-electron chi connectivity index (χ4n) is 2.14. The number of urea groups is 1. The first kappa shape index (κ1) is 18.6. The van der Waals surface area contributed by atoms with Crippen LogP contribution in [0.3, 0.4) is 0 Å². The maximum atomic E-state index is 12.7. The van der Waals surface area contributed by atoms with E-state index < -0.39 is 0 Å². The average Bonchev–Trinajstić information content (AvgIpc) is 2.64. The summed E-state index contributed by atoms with van der Waals surface area (Å²) in [6.45, 7) is 1.56. The second kappa shape index (κ2) is 10.2. The zero-order chi connectivity index (χ0) is 17.9. The number of methoxy groups -OCH3 is 1. The molecule has 0 aliphatic rings. The Kier molecular flexibility index (Phi) is 7.56. The molecule has 0 radical (unpaired) electrons. The van der Waals surface area contributed by atoms with E-state index in [-0.39, 0.29) is 11.8 Å². The quantitative estimate of drug-likeness (QED) is 0.683. The Morgan fingerprint density at radius 2 is 1.64 bits per heavy atom. The van der Waals surface area contributed by atoms with E-state index in [1.165, 1.54) is 12.1 Å². The molecular weight excluding hydrogens is 323 g/mol. The first-order chi connectivity index (χ1) is 12.2. The summed E-state index contributed by atoms with van der Waals surface area (Å²) < 4.78 is 23.3. The van der Waals surface area contributed by atoms with Gasteiger partial charge in [0.2, 0.25) is 0 Å². The first-order valence-electron chi connectivity index (χ1n) is 8.20. The summed E-state index contributed by atoms with van der Waals surface area (Å²) in [5.74, 6) is 1.15. The third kappa shape index (κ3) is 7.12. The lowest BCUT2D eigenvalue weighted by Gasteiger charge is -2.09. The smallest absolute Gasteiger partial charge is 0.315 e. The van der Waals surface area contributed by atoms with Gasteiger partial charge < -0.3 is 20.1 Å². The molecule has 2 N–H and O–H groups in total. The van der Waals surface area contributed by atoms with Crippen molar-refractivity contribution in [1.29, 1.82) is 0 Å². The number of ether oxygens (including phenoxy) is 2. The molecule has 0 atom stereocenters. The van der Waals surface area contributed by atoms with Crippen LogP contribution in [0, 0.1) is 5.82 Å². The molecule has 0 aromatic heterocycles. The lowest BCUT2D eigenvalue weighted by atomic mass is 10.2. The minimum atomic E-state index is -0.280. The highest BCUT2D eigenvalue weighted by molar-refractivity contribution is 5.73. The Morgan fingerprint density at radius 3 is 2.32 bits per heavy atom. The number of carbonyl (C=O) groups is 1. The van der Waals surface area contributed by atoms with Crippen LogP contribution < -0.4 is 20.1 Å². The Labute approximate surface area is 147 Å².